The van der Waals surface area contributed by atoms with Gasteiger partial charge in [0.2, 0.25) is 0 Å². The second-order valence-electron chi connectivity index (χ2n) is 26.8. The number of allylic oxidation sites excluding steroid dienone is 34. The number of unbranched alkanes of at least 4 members (excludes halogenated alkanes) is 19. The number of carbonyl (C=O) groups is 3. The van der Waals surface area contributed by atoms with Gasteiger partial charge in [0.15, 0.2) is 6.10 Å². The van der Waals surface area contributed by atoms with Crippen LogP contribution in [-0.2, 0) is 55.8 Å². The van der Waals surface area contributed by atoms with Crippen LogP contribution in [0.25, 0.3) is 0 Å². The number of aliphatic hydroxyl groups excluding tert-OH is 2. The summed E-state index contributed by atoms with van der Waals surface area (Å²) in [6, 6.07) is 0. The Balaban J connectivity index is 4.70. The van der Waals surface area contributed by atoms with E-state index in [1.807, 2.05) is 0 Å². The summed E-state index contributed by atoms with van der Waals surface area (Å²) in [6.07, 6.45) is 109. The van der Waals surface area contributed by atoms with Crippen molar-refractivity contribution in [2.75, 3.05) is 39.6 Å². The molecular formula is C91H146O16P2. The smallest absolute Gasteiger partial charge is 0.463 e. The number of carbonyl (C=O) groups excluding carboxylic acids is 3. The fourth-order valence-electron chi connectivity index (χ4n) is 10.3. The Morgan fingerprint density at radius 2 is 0.459 bits per heavy atom. The standard InChI is InChI=1S/C91H146O16P2/c1-4-7-10-13-16-19-22-25-28-31-34-37-39-40-41-42-43-44-46-49-50-53-56-59-62-65-68-71-74-77-89(94)101-80-86(92)81-103-108(97,98)104-82-87(93)83-105-109(99,100)106-85-88(107-91(96)79-76-73-70-67-64-61-58-55-52-47-36-33-30-27-24-21-18-15-12-9-6-3)84-102-90(95)78-75-72-69-66-63-60-57-54-51-48-45-38-35-32-29-26-23-20-17-14-11-8-5-2/h7-12,16-21,25-30,34-38,40-41,43-44,47-48,51,55,57-58,60,86-88,92-93H,4-6,13-15,22-24,31-33,39,42,45-46,49-50,52-54,56,59,61-85H2,1-3H3,(H,97,98)(H,99,100)/b10-7-,11-8-,12-9-,19-16-,20-17-,21-18-,28-25-,29-26-,30-27-,37-34-,38-35-,41-40-,44-43-,47-36-,51-48-,58-55-,60-57-. The molecule has 616 valence electrons. The maximum absolute atomic E-state index is 13.0. The van der Waals surface area contributed by atoms with Crippen LogP contribution in [0.1, 0.15) is 290 Å². The lowest BCUT2D eigenvalue weighted by Gasteiger charge is -2.21. The minimum atomic E-state index is -4.96. The Labute approximate surface area is 660 Å². The molecule has 0 amide bonds. The van der Waals surface area contributed by atoms with Crippen LogP contribution in [0.2, 0.25) is 0 Å². The van der Waals surface area contributed by atoms with Gasteiger partial charge in [-0.3, -0.25) is 32.5 Å². The normalized spacial score (nSPS) is 15.0. The average Bonchev–Trinajstić information content (AvgIpc) is 0.905. The Hall–Kier alpha value is -5.87. The van der Waals surface area contributed by atoms with Gasteiger partial charge in [-0.1, -0.05) is 311 Å². The van der Waals surface area contributed by atoms with Crippen molar-refractivity contribution < 1.29 is 75.8 Å². The fraction of sp³-hybridized carbons (Fsp3) is 0.593. The monoisotopic (exact) mass is 1560 g/mol. The number of hydrogen-bond donors (Lipinski definition) is 4. The molecule has 0 aromatic rings. The molecule has 0 rings (SSSR count). The van der Waals surface area contributed by atoms with E-state index in [1.165, 1.54) is 32.1 Å². The number of aliphatic hydroxyl groups is 2. The lowest BCUT2D eigenvalue weighted by molar-refractivity contribution is -0.161. The predicted octanol–water partition coefficient (Wildman–Crippen LogP) is 24.9. The van der Waals surface area contributed by atoms with E-state index in [-0.39, 0.29) is 19.3 Å². The Morgan fingerprint density at radius 1 is 0.257 bits per heavy atom. The Kier molecular flexibility index (Phi) is 77.2. The zero-order valence-corrected chi connectivity index (χ0v) is 69.2. The van der Waals surface area contributed by atoms with E-state index in [9.17, 15) is 43.5 Å². The second kappa shape index (κ2) is 81.6. The number of phosphoric acid groups is 2. The molecule has 0 fully saturated rings. The molecule has 0 aromatic carbocycles. The molecule has 0 bridgehead atoms. The van der Waals surface area contributed by atoms with Crippen LogP contribution >= 0.6 is 15.6 Å². The van der Waals surface area contributed by atoms with E-state index in [2.05, 4.69) is 227 Å². The van der Waals surface area contributed by atoms with Gasteiger partial charge >= 0.3 is 33.6 Å². The van der Waals surface area contributed by atoms with Gasteiger partial charge in [-0.05, 0) is 167 Å². The topological polar surface area (TPSA) is 231 Å². The van der Waals surface area contributed by atoms with E-state index in [0.717, 1.165) is 199 Å². The third-order valence-electron chi connectivity index (χ3n) is 16.5. The summed E-state index contributed by atoms with van der Waals surface area (Å²) in [4.78, 5) is 58.8. The van der Waals surface area contributed by atoms with Crippen molar-refractivity contribution in [2.24, 2.45) is 0 Å². The average molecular weight is 1560 g/mol. The maximum Gasteiger partial charge on any atom is 0.472 e. The largest absolute Gasteiger partial charge is 0.472 e. The molecule has 0 saturated heterocycles. The summed E-state index contributed by atoms with van der Waals surface area (Å²) < 4.78 is 61.2. The molecule has 0 aromatic heterocycles. The lowest BCUT2D eigenvalue weighted by Crippen LogP contribution is -2.30. The second-order valence-corrected chi connectivity index (χ2v) is 29.7. The van der Waals surface area contributed by atoms with Crippen molar-refractivity contribution in [2.45, 2.75) is 309 Å². The molecule has 0 heterocycles. The van der Waals surface area contributed by atoms with E-state index in [4.69, 9.17) is 32.3 Å². The number of phosphoric ester groups is 2. The highest BCUT2D eigenvalue weighted by Crippen LogP contribution is 2.45. The van der Waals surface area contributed by atoms with Gasteiger partial charge < -0.3 is 34.2 Å². The van der Waals surface area contributed by atoms with E-state index >= 15 is 0 Å². The molecule has 0 spiro atoms. The molecule has 5 unspecified atom stereocenters. The zero-order valence-electron chi connectivity index (χ0n) is 67.4. The molecule has 0 aliphatic rings. The molecule has 0 radical (unpaired) electrons. The van der Waals surface area contributed by atoms with Crippen LogP contribution in [0, 0.1) is 0 Å². The van der Waals surface area contributed by atoms with Gasteiger partial charge in [0.25, 0.3) is 0 Å². The van der Waals surface area contributed by atoms with Crippen LogP contribution in [0.5, 0.6) is 0 Å². The van der Waals surface area contributed by atoms with Gasteiger partial charge in [0.1, 0.15) is 25.4 Å². The predicted molar refractivity (Wildman–Crippen MR) is 454 cm³/mol. The first-order valence-electron chi connectivity index (χ1n) is 41.4. The zero-order chi connectivity index (χ0) is 79.4. The van der Waals surface area contributed by atoms with Crippen LogP contribution in [0.15, 0.2) is 207 Å². The summed E-state index contributed by atoms with van der Waals surface area (Å²) in [7, 11) is -9.83. The summed E-state index contributed by atoms with van der Waals surface area (Å²) in [5.74, 6) is -1.64. The highest BCUT2D eigenvalue weighted by molar-refractivity contribution is 7.47. The Morgan fingerprint density at radius 3 is 0.725 bits per heavy atom. The van der Waals surface area contributed by atoms with Crippen LogP contribution in [-0.4, -0.2) is 95.9 Å². The molecule has 16 nitrogen and oxygen atoms in total. The van der Waals surface area contributed by atoms with E-state index in [1.54, 1.807) is 0 Å². The van der Waals surface area contributed by atoms with E-state index in [0.29, 0.717) is 19.3 Å². The minimum absolute atomic E-state index is 0.0674. The quantitative estimate of drug-likeness (QED) is 0.0146. The molecule has 0 saturated carbocycles. The summed E-state index contributed by atoms with van der Waals surface area (Å²) in [6.45, 7) is 2.26. The van der Waals surface area contributed by atoms with Crippen molar-refractivity contribution in [3.05, 3.63) is 207 Å². The number of ether oxygens (including phenoxy) is 3. The van der Waals surface area contributed by atoms with Crippen molar-refractivity contribution in [1.82, 2.24) is 0 Å². The first kappa shape index (κ1) is 103. The highest BCUT2D eigenvalue weighted by atomic mass is 31.2. The van der Waals surface area contributed by atoms with Gasteiger partial charge in [0.05, 0.1) is 26.4 Å². The van der Waals surface area contributed by atoms with E-state index < -0.39 is 91.5 Å². The maximum atomic E-state index is 13.0. The number of hydrogen-bond acceptors (Lipinski definition) is 14. The number of rotatable bonds is 76. The van der Waals surface area contributed by atoms with Crippen LogP contribution < -0.4 is 0 Å². The van der Waals surface area contributed by atoms with Crippen LogP contribution in [0.4, 0.5) is 0 Å². The SMILES string of the molecule is CC/C=C\C/C=C\C/C=C\C/C=C\C/C=C\C/C=C\CCCCCCCCCCCCC(=O)OCC(O)COP(=O)(O)OCC(O)COP(=O)(O)OCC(COC(=O)CCCCCC/C=C\C/C=C\C/C=C\C/C=C\C/C=C\C/C=C\CC)OC(=O)CCCCCCC/C=C\C/C=C\C/C=C\C/C=C\C/C=C\CC. The van der Waals surface area contributed by atoms with Gasteiger partial charge in [0, 0.05) is 19.3 Å². The third kappa shape index (κ3) is 82.9. The van der Waals surface area contributed by atoms with Crippen molar-refractivity contribution in [3.8, 4) is 0 Å². The van der Waals surface area contributed by atoms with Gasteiger partial charge in [-0.2, -0.15) is 0 Å². The lowest BCUT2D eigenvalue weighted by atomic mass is 10.1. The third-order valence-corrected chi connectivity index (χ3v) is 18.4. The molecular weight excluding hydrogens is 1410 g/mol. The summed E-state index contributed by atoms with van der Waals surface area (Å²) in [5.41, 5.74) is 0. The molecule has 5 atom stereocenters. The summed E-state index contributed by atoms with van der Waals surface area (Å²) >= 11 is 0. The van der Waals surface area contributed by atoms with Crippen molar-refractivity contribution >= 4 is 33.6 Å². The molecule has 0 aliphatic heterocycles. The van der Waals surface area contributed by atoms with Crippen LogP contribution in [0.3, 0.4) is 0 Å². The fourth-order valence-corrected chi connectivity index (χ4v) is 11.9. The first-order valence-corrected chi connectivity index (χ1v) is 44.4. The minimum Gasteiger partial charge on any atom is -0.463 e. The Bertz CT molecular complexity index is 2810. The van der Waals surface area contributed by atoms with Crippen molar-refractivity contribution in [1.29, 1.82) is 0 Å². The summed E-state index contributed by atoms with van der Waals surface area (Å²) in [5, 5.41) is 20.7. The van der Waals surface area contributed by atoms with Crippen molar-refractivity contribution in [3.63, 3.8) is 0 Å². The first-order chi connectivity index (χ1) is 53.2. The number of esters is 3. The molecule has 18 heteroatoms. The molecule has 0 aliphatic carbocycles. The molecule has 109 heavy (non-hydrogen) atoms. The van der Waals surface area contributed by atoms with Gasteiger partial charge in [-0.15, -0.1) is 0 Å². The van der Waals surface area contributed by atoms with Gasteiger partial charge in [-0.25, -0.2) is 9.13 Å². The highest BCUT2D eigenvalue weighted by Gasteiger charge is 2.29. The molecule has 4 N–H and O–H groups in total.